The van der Waals surface area contributed by atoms with Gasteiger partial charge in [0.05, 0.1) is 0 Å². The number of hydrogen-bond acceptors (Lipinski definition) is 5. The molecule has 1 aliphatic heterocycles. The molecule has 5 heteroatoms. The summed E-state index contributed by atoms with van der Waals surface area (Å²) in [5, 5.41) is 21.9. The molecule has 137 valence electrons. The average Bonchev–Trinajstić information content (AvgIpc) is 2.61. The average molecular weight is 345 g/mol. The van der Waals surface area contributed by atoms with Crippen molar-refractivity contribution in [1.82, 2.24) is 9.80 Å². The summed E-state index contributed by atoms with van der Waals surface area (Å²) in [5.41, 5.74) is 2.51. The summed E-state index contributed by atoms with van der Waals surface area (Å²) in [5.74, 6) is -1.93. The molecular formula is C20H29N2O3. The van der Waals surface area contributed by atoms with Crippen LogP contribution >= 0.6 is 0 Å². The summed E-state index contributed by atoms with van der Waals surface area (Å²) in [6, 6.07) is 5.88. The molecule has 5 nitrogen and oxygen atoms in total. The molecule has 0 amide bonds. The number of piperazine rings is 1. The lowest BCUT2D eigenvalue weighted by atomic mass is 9.86. The van der Waals surface area contributed by atoms with Crippen LogP contribution in [0.2, 0.25) is 0 Å². The maximum absolute atomic E-state index is 11.0. The Kier molecular flexibility index (Phi) is 5.30. The van der Waals surface area contributed by atoms with Crippen LogP contribution in [0.15, 0.2) is 18.2 Å². The van der Waals surface area contributed by atoms with Crippen molar-refractivity contribution in [2.24, 2.45) is 5.41 Å². The molecule has 1 radical (unpaired) electrons. The van der Waals surface area contributed by atoms with Gasteiger partial charge in [0.2, 0.25) is 6.29 Å². The van der Waals surface area contributed by atoms with E-state index in [1.54, 1.807) is 4.90 Å². The fraction of sp³-hybridized carbons (Fsp3) is 0.650. The highest BCUT2D eigenvalue weighted by Gasteiger charge is 2.39. The molecule has 2 N–H and O–H groups in total. The van der Waals surface area contributed by atoms with E-state index in [4.69, 9.17) is 0 Å². The van der Waals surface area contributed by atoms with Crippen LogP contribution in [0.1, 0.15) is 43.4 Å². The first kappa shape index (κ1) is 18.5. The Balaban J connectivity index is 1.71. The van der Waals surface area contributed by atoms with Gasteiger partial charge in [0, 0.05) is 43.7 Å². The first-order chi connectivity index (χ1) is 11.8. The first-order valence-electron chi connectivity index (χ1n) is 9.26. The molecule has 0 aromatic heterocycles. The van der Waals surface area contributed by atoms with Gasteiger partial charge in [-0.3, -0.25) is 9.69 Å². The third kappa shape index (κ3) is 3.95. The molecule has 1 fully saturated rings. The van der Waals surface area contributed by atoms with E-state index in [9.17, 15) is 15.0 Å². The fourth-order valence-corrected chi connectivity index (χ4v) is 4.07. The van der Waals surface area contributed by atoms with Crippen LogP contribution in [0.3, 0.4) is 0 Å². The van der Waals surface area contributed by atoms with Crippen molar-refractivity contribution < 1.29 is 15.0 Å². The Labute approximate surface area is 150 Å². The number of benzene rings is 1. The highest BCUT2D eigenvalue weighted by Crippen LogP contribution is 2.33. The molecule has 1 aromatic rings. The highest BCUT2D eigenvalue weighted by atomic mass is 16.5. The number of carbonyl (C=O) groups excluding carboxylic acids is 1. The van der Waals surface area contributed by atoms with Gasteiger partial charge in [-0.2, -0.15) is 0 Å². The normalized spacial score (nSPS) is 20.3. The molecule has 1 heterocycles. The maximum Gasteiger partial charge on any atom is 0.253 e. The summed E-state index contributed by atoms with van der Waals surface area (Å²) in [6.07, 6.45) is 6.29. The SMILES string of the molecule is CC(C)([C]=O)CN1CCN(C(O)(O)c2cccc3c2CCCC3)CC1. The molecular weight excluding hydrogens is 316 g/mol. The summed E-state index contributed by atoms with van der Waals surface area (Å²) < 4.78 is 0. The number of rotatable bonds is 5. The van der Waals surface area contributed by atoms with Gasteiger partial charge in [-0.1, -0.05) is 32.0 Å². The molecule has 1 saturated heterocycles. The minimum Gasteiger partial charge on any atom is -0.349 e. The van der Waals surface area contributed by atoms with E-state index in [1.165, 1.54) is 12.0 Å². The topological polar surface area (TPSA) is 64.0 Å². The van der Waals surface area contributed by atoms with Crippen molar-refractivity contribution >= 4 is 6.29 Å². The molecule has 0 saturated carbocycles. The Morgan fingerprint density at radius 2 is 1.76 bits per heavy atom. The summed E-state index contributed by atoms with van der Waals surface area (Å²) >= 11 is 0. The van der Waals surface area contributed by atoms with Crippen LogP contribution in [0.5, 0.6) is 0 Å². The second-order valence-electron chi connectivity index (χ2n) is 8.03. The molecule has 0 unspecified atom stereocenters. The standard InChI is InChI=1S/C20H29N2O3/c1-19(2,15-23)14-21-10-12-22(13-11-21)20(24,25)18-9-5-7-16-6-3-4-8-17(16)18/h5,7,9,24-25H,3-4,6,8,10-14H2,1-2H3. The molecule has 0 bridgehead atoms. The quantitative estimate of drug-likeness (QED) is 0.790. The second kappa shape index (κ2) is 7.16. The van der Waals surface area contributed by atoms with Crippen molar-refractivity contribution in [2.75, 3.05) is 32.7 Å². The molecule has 1 aliphatic carbocycles. The van der Waals surface area contributed by atoms with E-state index in [2.05, 4.69) is 17.3 Å². The number of fused-ring (bicyclic) bond motifs is 1. The van der Waals surface area contributed by atoms with Crippen LogP contribution < -0.4 is 0 Å². The van der Waals surface area contributed by atoms with E-state index < -0.39 is 11.3 Å². The third-order valence-corrected chi connectivity index (χ3v) is 5.47. The van der Waals surface area contributed by atoms with Gasteiger partial charge in [-0.15, -0.1) is 0 Å². The number of nitrogens with zero attached hydrogens (tertiary/aromatic N) is 2. The molecule has 25 heavy (non-hydrogen) atoms. The van der Waals surface area contributed by atoms with Crippen LogP contribution in [-0.2, 0) is 23.5 Å². The van der Waals surface area contributed by atoms with Gasteiger partial charge in [0.25, 0.3) is 5.91 Å². The third-order valence-electron chi connectivity index (χ3n) is 5.47. The van der Waals surface area contributed by atoms with Gasteiger partial charge in [0.15, 0.2) is 0 Å². The zero-order valence-electron chi connectivity index (χ0n) is 15.3. The van der Waals surface area contributed by atoms with Crippen LogP contribution in [0.4, 0.5) is 0 Å². The van der Waals surface area contributed by atoms with Crippen LogP contribution in [0.25, 0.3) is 0 Å². The van der Waals surface area contributed by atoms with E-state index >= 15 is 0 Å². The van der Waals surface area contributed by atoms with Gasteiger partial charge in [-0.05, 0) is 36.8 Å². The number of aliphatic hydroxyl groups is 2. The van der Waals surface area contributed by atoms with Gasteiger partial charge in [0.1, 0.15) is 0 Å². The van der Waals surface area contributed by atoms with Crippen LogP contribution in [0, 0.1) is 5.41 Å². The van der Waals surface area contributed by atoms with Crippen molar-refractivity contribution in [3.63, 3.8) is 0 Å². The fourth-order valence-electron chi connectivity index (χ4n) is 4.07. The minimum absolute atomic E-state index is 0.490. The van der Waals surface area contributed by atoms with Gasteiger partial charge in [-0.25, -0.2) is 4.90 Å². The Hall–Kier alpha value is -1.27. The number of aryl methyl sites for hydroxylation is 1. The number of hydrogen-bond donors (Lipinski definition) is 2. The van der Waals surface area contributed by atoms with Crippen molar-refractivity contribution in [3.05, 3.63) is 34.9 Å². The largest absolute Gasteiger partial charge is 0.349 e. The molecule has 0 spiro atoms. The van der Waals surface area contributed by atoms with Crippen molar-refractivity contribution in [1.29, 1.82) is 0 Å². The zero-order valence-corrected chi connectivity index (χ0v) is 15.3. The summed E-state index contributed by atoms with van der Waals surface area (Å²) in [4.78, 5) is 14.9. The lowest BCUT2D eigenvalue weighted by Crippen LogP contribution is -2.57. The minimum atomic E-state index is -1.93. The monoisotopic (exact) mass is 345 g/mol. The molecule has 2 aliphatic rings. The second-order valence-corrected chi connectivity index (χ2v) is 8.03. The Bertz CT molecular complexity index is 619. The summed E-state index contributed by atoms with van der Waals surface area (Å²) in [7, 11) is 0. The lowest BCUT2D eigenvalue weighted by molar-refractivity contribution is -0.281. The van der Waals surface area contributed by atoms with E-state index in [0.29, 0.717) is 38.3 Å². The van der Waals surface area contributed by atoms with E-state index in [-0.39, 0.29) is 0 Å². The zero-order chi connectivity index (χ0) is 18.1. The summed E-state index contributed by atoms with van der Waals surface area (Å²) in [6.45, 7) is 6.95. The van der Waals surface area contributed by atoms with Crippen molar-refractivity contribution in [2.45, 2.75) is 45.4 Å². The maximum atomic E-state index is 11.0. The first-order valence-corrected chi connectivity index (χ1v) is 9.26. The van der Waals surface area contributed by atoms with E-state index in [1.807, 2.05) is 26.0 Å². The predicted octanol–water partition coefficient (Wildman–Crippen LogP) is 1.41. The Morgan fingerprint density at radius 1 is 1.08 bits per heavy atom. The predicted molar refractivity (Wildman–Crippen MR) is 96.7 cm³/mol. The van der Waals surface area contributed by atoms with Gasteiger partial charge >= 0.3 is 0 Å². The van der Waals surface area contributed by atoms with Gasteiger partial charge < -0.3 is 10.2 Å². The smallest absolute Gasteiger partial charge is 0.253 e. The Morgan fingerprint density at radius 3 is 2.44 bits per heavy atom. The molecule has 0 atom stereocenters. The molecule has 3 rings (SSSR count). The molecule has 1 aromatic carbocycles. The van der Waals surface area contributed by atoms with Crippen LogP contribution in [-0.4, -0.2) is 59.0 Å². The lowest BCUT2D eigenvalue weighted by Gasteiger charge is -2.43. The van der Waals surface area contributed by atoms with E-state index in [0.717, 1.165) is 24.8 Å². The van der Waals surface area contributed by atoms with Crippen molar-refractivity contribution in [3.8, 4) is 0 Å². The highest BCUT2D eigenvalue weighted by molar-refractivity contribution is 5.59.